The first-order valence-corrected chi connectivity index (χ1v) is 7.67. The zero-order chi connectivity index (χ0) is 15.3. The molecule has 1 aliphatic rings. The molecule has 0 radical (unpaired) electrons. The minimum atomic E-state index is -0.817. The molecule has 1 aromatic carbocycles. The van der Waals surface area contributed by atoms with Crippen molar-refractivity contribution in [2.24, 2.45) is 0 Å². The molecule has 0 heterocycles. The summed E-state index contributed by atoms with van der Waals surface area (Å²) in [5.74, 6) is -0.136. The summed E-state index contributed by atoms with van der Waals surface area (Å²) in [5.41, 5.74) is 0.104. The van der Waals surface area contributed by atoms with Gasteiger partial charge < -0.3 is 15.2 Å². The first-order valence-electron chi connectivity index (χ1n) is 7.30. The zero-order valence-corrected chi connectivity index (χ0v) is 13.0. The van der Waals surface area contributed by atoms with Gasteiger partial charge in [0.2, 0.25) is 5.91 Å². The molecule has 2 N–H and O–H groups in total. The number of ether oxygens (including phenoxy) is 1. The third-order valence-corrected chi connectivity index (χ3v) is 4.25. The molecule has 1 saturated carbocycles. The lowest BCUT2D eigenvalue weighted by atomic mass is 9.97. The molecule has 1 aromatic rings. The lowest BCUT2D eigenvalue weighted by Crippen LogP contribution is -2.36. The fraction of sp³-hybridized carbons (Fsp3) is 0.562. The second kappa shape index (κ2) is 7.25. The smallest absolute Gasteiger partial charge is 0.222 e. The number of carbonyl (C=O) groups excluding carboxylic acids is 1. The number of aliphatic hydroxyl groups is 1. The lowest BCUT2D eigenvalue weighted by molar-refractivity contribution is -0.126. The minimum Gasteiger partial charge on any atom is -0.389 e. The van der Waals surface area contributed by atoms with Crippen molar-refractivity contribution in [3.05, 3.63) is 34.9 Å². The van der Waals surface area contributed by atoms with Crippen LogP contribution in [0.3, 0.4) is 0 Å². The van der Waals surface area contributed by atoms with E-state index in [9.17, 15) is 9.90 Å². The van der Waals surface area contributed by atoms with E-state index < -0.39 is 5.60 Å². The van der Waals surface area contributed by atoms with Crippen molar-refractivity contribution >= 4 is 17.5 Å². The van der Waals surface area contributed by atoms with Crippen molar-refractivity contribution in [1.82, 2.24) is 5.32 Å². The van der Waals surface area contributed by atoms with Crippen LogP contribution in [-0.4, -0.2) is 30.3 Å². The number of benzene rings is 1. The fourth-order valence-corrected chi connectivity index (χ4v) is 3.02. The maximum Gasteiger partial charge on any atom is 0.222 e. The Morgan fingerprint density at radius 1 is 1.48 bits per heavy atom. The van der Waals surface area contributed by atoms with Gasteiger partial charge in [0.05, 0.1) is 18.1 Å². The highest BCUT2D eigenvalue weighted by Gasteiger charge is 2.33. The monoisotopic (exact) mass is 311 g/mol. The largest absolute Gasteiger partial charge is 0.389 e. The Kier molecular flexibility index (Phi) is 5.62. The topological polar surface area (TPSA) is 58.6 Å². The van der Waals surface area contributed by atoms with Crippen molar-refractivity contribution < 1.29 is 14.6 Å². The number of nitrogens with one attached hydrogen (secondary N) is 1. The van der Waals surface area contributed by atoms with Crippen LogP contribution in [0.25, 0.3) is 0 Å². The van der Waals surface area contributed by atoms with E-state index in [-0.39, 0.29) is 18.4 Å². The number of methoxy groups -OCH3 is 1. The van der Waals surface area contributed by atoms with E-state index in [1.165, 1.54) is 0 Å². The standard InChI is InChI=1S/C16H22ClNO3/c1-21-14(12-5-4-6-13(17)9-12)11-18-15(19)10-16(20)7-2-3-8-16/h4-6,9,14,20H,2-3,7-8,10-11H2,1H3,(H,18,19). The molecular formula is C16H22ClNO3. The third kappa shape index (κ3) is 4.70. The van der Waals surface area contributed by atoms with Crippen LogP contribution in [0.15, 0.2) is 24.3 Å². The van der Waals surface area contributed by atoms with Gasteiger partial charge in [-0.3, -0.25) is 4.79 Å². The van der Waals surface area contributed by atoms with E-state index in [1.807, 2.05) is 18.2 Å². The molecule has 2 rings (SSSR count). The van der Waals surface area contributed by atoms with Crippen molar-refractivity contribution in [2.75, 3.05) is 13.7 Å². The van der Waals surface area contributed by atoms with Crippen LogP contribution in [-0.2, 0) is 9.53 Å². The van der Waals surface area contributed by atoms with Crippen LogP contribution in [0.2, 0.25) is 5.02 Å². The summed E-state index contributed by atoms with van der Waals surface area (Å²) in [6, 6.07) is 7.39. The molecule has 1 amide bonds. The molecule has 0 aliphatic heterocycles. The van der Waals surface area contributed by atoms with Gasteiger partial charge >= 0.3 is 0 Å². The maximum atomic E-state index is 12.0. The summed E-state index contributed by atoms with van der Waals surface area (Å²) in [5, 5.41) is 13.7. The fourth-order valence-electron chi connectivity index (χ4n) is 2.82. The molecule has 1 atom stereocenters. The van der Waals surface area contributed by atoms with Crippen molar-refractivity contribution in [1.29, 1.82) is 0 Å². The Bertz CT molecular complexity index is 486. The predicted molar refractivity (Wildman–Crippen MR) is 82.2 cm³/mol. The van der Waals surface area contributed by atoms with Gasteiger partial charge in [-0.15, -0.1) is 0 Å². The van der Waals surface area contributed by atoms with Gasteiger partial charge in [-0.05, 0) is 30.5 Å². The van der Waals surface area contributed by atoms with Crippen LogP contribution in [0.1, 0.15) is 43.8 Å². The van der Waals surface area contributed by atoms with Gasteiger partial charge in [0.1, 0.15) is 0 Å². The molecule has 5 heteroatoms. The van der Waals surface area contributed by atoms with Crippen molar-refractivity contribution in [3.8, 4) is 0 Å². The van der Waals surface area contributed by atoms with E-state index >= 15 is 0 Å². The predicted octanol–water partition coefficient (Wildman–Crippen LogP) is 2.84. The molecule has 116 valence electrons. The van der Waals surface area contributed by atoms with Gasteiger partial charge in [-0.2, -0.15) is 0 Å². The number of halogens is 1. The highest BCUT2D eigenvalue weighted by Crippen LogP contribution is 2.32. The Morgan fingerprint density at radius 2 is 2.19 bits per heavy atom. The van der Waals surface area contributed by atoms with Gasteiger partial charge in [-0.25, -0.2) is 0 Å². The van der Waals surface area contributed by atoms with Crippen LogP contribution in [0.4, 0.5) is 0 Å². The highest BCUT2D eigenvalue weighted by atomic mass is 35.5. The molecule has 1 aliphatic carbocycles. The van der Waals surface area contributed by atoms with Crippen LogP contribution >= 0.6 is 11.6 Å². The molecule has 0 saturated heterocycles. The van der Waals surface area contributed by atoms with Crippen LogP contribution in [0.5, 0.6) is 0 Å². The van der Waals surface area contributed by atoms with E-state index in [2.05, 4.69) is 5.32 Å². The van der Waals surface area contributed by atoms with Crippen LogP contribution in [0, 0.1) is 0 Å². The Labute approximate surface area is 130 Å². The Balaban J connectivity index is 1.86. The summed E-state index contributed by atoms with van der Waals surface area (Å²) >= 11 is 5.96. The van der Waals surface area contributed by atoms with E-state index in [4.69, 9.17) is 16.3 Å². The second-order valence-electron chi connectivity index (χ2n) is 5.69. The number of carbonyl (C=O) groups is 1. The SMILES string of the molecule is COC(CNC(=O)CC1(O)CCCC1)c1cccc(Cl)c1. The first-order chi connectivity index (χ1) is 10.0. The molecule has 1 unspecified atom stereocenters. The maximum absolute atomic E-state index is 12.0. The number of hydrogen-bond acceptors (Lipinski definition) is 3. The average Bonchev–Trinajstić information content (AvgIpc) is 2.86. The summed E-state index contributed by atoms with van der Waals surface area (Å²) in [7, 11) is 1.60. The number of rotatable bonds is 6. The molecule has 0 spiro atoms. The van der Waals surface area contributed by atoms with Crippen LogP contribution < -0.4 is 5.32 Å². The Hall–Kier alpha value is -1.10. The summed E-state index contributed by atoms with van der Waals surface area (Å²) < 4.78 is 5.40. The molecular weight excluding hydrogens is 290 g/mol. The van der Waals surface area contributed by atoms with E-state index in [1.54, 1.807) is 13.2 Å². The molecule has 0 aromatic heterocycles. The number of hydrogen-bond donors (Lipinski definition) is 2. The average molecular weight is 312 g/mol. The summed E-state index contributed by atoms with van der Waals surface area (Å²) in [6.45, 7) is 0.367. The van der Waals surface area contributed by atoms with Crippen molar-refractivity contribution in [2.45, 2.75) is 43.8 Å². The van der Waals surface area contributed by atoms with Gasteiger partial charge in [0, 0.05) is 18.7 Å². The first kappa shape index (κ1) is 16.3. The number of amides is 1. The zero-order valence-electron chi connectivity index (χ0n) is 12.3. The quantitative estimate of drug-likeness (QED) is 0.849. The molecule has 21 heavy (non-hydrogen) atoms. The Morgan fingerprint density at radius 3 is 2.81 bits per heavy atom. The lowest BCUT2D eigenvalue weighted by Gasteiger charge is -2.22. The summed E-state index contributed by atoms with van der Waals surface area (Å²) in [6.07, 6.45) is 3.33. The van der Waals surface area contributed by atoms with Crippen molar-refractivity contribution in [3.63, 3.8) is 0 Å². The summed E-state index contributed by atoms with van der Waals surface area (Å²) in [4.78, 5) is 12.0. The molecule has 1 fully saturated rings. The van der Waals surface area contributed by atoms with Gasteiger partial charge in [0.25, 0.3) is 0 Å². The van der Waals surface area contributed by atoms with Gasteiger partial charge in [0.15, 0.2) is 0 Å². The molecule has 4 nitrogen and oxygen atoms in total. The third-order valence-electron chi connectivity index (χ3n) is 4.01. The minimum absolute atomic E-state index is 0.136. The van der Waals surface area contributed by atoms with Gasteiger partial charge in [-0.1, -0.05) is 36.6 Å². The van der Waals surface area contributed by atoms with E-state index in [0.717, 1.165) is 18.4 Å². The normalized spacial score (nSPS) is 18.4. The second-order valence-corrected chi connectivity index (χ2v) is 6.13. The van der Waals surface area contributed by atoms with E-state index in [0.29, 0.717) is 24.4 Å². The highest BCUT2D eigenvalue weighted by molar-refractivity contribution is 6.30. The molecule has 0 bridgehead atoms.